The number of phenolic OH excluding ortho intramolecular Hbond substituents is 1. The summed E-state index contributed by atoms with van der Waals surface area (Å²) in [5.41, 5.74) is 3.17. The lowest BCUT2D eigenvalue weighted by molar-refractivity contribution is 0.414. The monoisotopic (exact) mass is 383 g/mol. The van der Waals surface area contributed by atoms with Crippen molar-refractivity contribution in [3.8, 4) is 11.5 Å². The maximum atomic E-state index is 10.8. The van der Waals surface area contributed by atoms with E-state index in [9.17, 15) is 5.11 Å². The van der Waals surface area contributed by atoms with Gasteiger partial charge in [0.05, 0.1) is 13.2 Å². The predicted octanol–water partition coefficient (Wildman–Crippen LogP) is 5.99. The first-order valence-electron chi connectivity index (χ1n) is 9.83. The molecule has 3 heteroatoms. The molecule has 0 fully saturated rings. The molecule has 4 rings (SSSR count). The SMILES string of the molecule is COc1ccc([C@H](C)N[C@@H](c2ccccc2)c2c(O)ccc3ccccc23)cc1. The number of rotatable bonds is 6. The van der Waals surface area contributed by atoms with E-state index in [1.165, 1.54) is 0 Å². The Labute approximate surface area is 171 Å². The normalized spacial score (nSPS) is 13.2. The van der Waals surface area contributed by atoms with Crippen molar-refractivity contribution in [2.45, 2.75) is 19.0 Å². The number of fused-ring (bicyclic) bond motifs is 1. The Morgan fingerprint density at radius 3 is 2.17 bits per heavy atom. The lowest BCUT2D eigenvalue weighted by atomic mass is 9.91. The third kappa shape index (κ3) is 3.96. The van der Waals surface area contributed by atoms with Gasteiger partial charge in [0.15, 0.2) is 0 Å². The van der Waals surface area contributed by atoms with Crippen molar-refractivity contribution in [1.82, 2.24) is 5.32 Å². The summed E-state index contributed by atoms with van der Waals surface area (Å²) < 4.78 is 5.28. The Kier molecular flexibility index (Phi) is 5.50. The van der Waals surface area contributed by atoms with Crippen LogP contribution in [0.15, 0.2) is 91.0 Å². The summed E-state index contributed by atoms with van der Waals surface area (Å²) in [6.45, 7) is 2.14. The summed E-state index contributed by atoms with van der Waals surface area (Å²) in [5, 5.41) is 16.7. The largest absolute Gasteiger partial charge is 0.508 e. The fraction of sp³-hybridized carbons (Fsp3) is 0.154. The van der Waals surface area contributed by atoms with Crippen LogP contribution in [0.5, 0.6) is 11.5 Å². The molecule has 2 atom stereocenters. The summed E-state index contributed by atoms with van der Waals surface area (Å²) in [4.78, 5) is 0. The Bertz CT molecular complexity index is 1090. The average molecular weight is 383 g/mol. The van der Waals surface area contributed by atoms with E-state index in [1.807, 2.05) is 48.5 Å². The minimum atomic E-state index is -0.153. The zero-order chi connectivity index (χ0) is 20.2. The van der Waals surface area contributed by atoms with Gasteiger partial charge in [-0.2, -0.15) is 0 Å². The first-order chi connectivity index (χ1) is 14.2. The van der Waals surface area contributed by atoms with E-state index in [1.54, 1.807) is 13.2 Å². The number of aromatic hydroxyl groups is 1. The molecule has 0 spiro atoms. The molecule has 29 heavy (non-hydrogen) atoms. The van der Waals surface area contributed by atoms with Crippen LogP contribution in [0.1, 0.15) is 35.7 Å². The van der Waals surface area contributed by atoms with Crippen molar-refractivity contribution >= 4 is 10.8 Å². The summed E-state index contributed by atoms with van der Waals surface area (Å²) in [7, 11) is 1.67. The molecule has 0 amide bonds. The molecule has 2 N–H and O–H groups in total. The molecule has 4 aromatic carbocycles. The summed E-state index contributed by atoms with van der Waals surface area (Å²) in [5.74, 6) is 1.14. The Morgan fingerprint density at radius 2 is 1.45 bits per heavy atom. The van der Waals surface area contributed by atoms with Gasteiger partial charge in [-0.05, 0) is 47.0 Å². The van der Waals surface area contributed by atoms with Gasteiger partial charge in [-0.25, -0.2) is 0 Å². The van der Waals surface area contributed by atoms with Crippen LogP contribution in [0, 0.1) is 0 Å². The van der Waals surface area contributed by atoms with Crippen LogP contribution in [-0.2, 0) is 0 Å². The van der Waals surface area contributed by atoms with Crippen molar-refractivity contribution in [3.05, 3.63) is 108 Å². The van der Waals surface area contributed by atoms with E-state index in [0.29, 0.717) is 5.75 Å². The van der Waals surface area contributed by atoms with Crippen LogP contribution in [-0.4, -0.2) is 12.2 Å². The van der Waals surface area contributed by atoms with Gasteiger partial charge in [0, 0.05) is 11.6 Å². The maximum Gasteiger partial charge on any atom is 0.121 e. The third-order valence-electron chi connectivity index (χ3n) is 5.40. The van der Waals surface area contributed by atoms with Gasteiger partial charge < -0.3 is 9.84 Å². The van der Waals surface area contributed by atoms with Crippen LogP contribution in [0.2, 0.25) is 0 Å². The first kappa shape index (κ1) is 19.0. The average Bonchev–Trinajstić information content (AvgIpc) is 2.78. The van der Waals surface area contributed by atoms with Crippen LogP contribution in [0.25, 0.3) is 10.8 Å². The molecular weight excluding hydrogens is 358 g/mol. The molecular formula is C26H25NO2. The number of benzene rings is 4. The van der Waals surface area contributed by atoms with Crippen LogP contribution >= 0.6 is 0 Å². The molecule has 0 heterocycles. The molecule has 0 aliphatic rings. The van der Waals surface area contributed by atoms with E-state index in [-0.39, 0.29) is 12.1 Å². The lowest BCUT2D eigenvalue weighted by Crippen LogP contribution is -2.26. The molecule has 0 saturated carbocycles. The van der Waals surface area contributed by atoms with Gasteiger partial charge in [-0.3, -0.25) is 5.32 Å². The highest BCUT2D eigenvalue weighted by Gasteiger charge is 2.22. The highest BCUT2D eigenvalue weighted by atomic mass is 16.5. The van der Waals surface area contributed by atoms with Gasteiger partial charge in [0.1, 0.15) is 11.5 Å². The molecule has 0 unspecified atom stereocenters. The van der Waals surface area contributed by atoms with E-state index < -0.39 is 0 Å². The lowest BCUT2D eigenvalue weighted by Gasteiger charge is -2.26. The van der Waals surface area contributed by atoms with Crippen LogP contribution in [0.4, 0.5) is 0 Å². The molecule has 0 bridgehead atoms. The molecule has 0 aliphatic carbocycles. The van der Waals surface area contributed by atoms with E-state index >= 15 is 0 Å². The second-order valence-electron chi connectivity index (χ2n) is 7.22. The molecule has 0 aliphatic heterocycles. The maximum absolute atomic E-state index is 10.8. The quantitative estimate of drug-likeness (QED) is 0.429. The van der Waals surface area contributed by atoms with Crippen molar-refractivity contribution in [1.29, 1.82) is 0 Å². The number of hydrogen-bond acceptors (Lipinski definition) is 3. The van der Waals surface area contributed by atoms with Gasteiger partial charge in [0.2, 0.25) is 0 Å². The second kappa shape index (κ2) is 8.38. The smallest absolute Gasteiger partial charge is 0.121 e. The highest BCUT2D eigenvalue weighted by molar-refractivity contribution is 5.88. The minimum Gasteiger partial charge on any atom is -0.508 e. The van der Waals surface area contributed by atoms with E-state index in [4.69, 9.17) is 4.74 Å². The summed E-state index contributed by atoms with van der Waals surface area (Å²) >= 11 is 0. The number of hydrogen-bond donors (Lipinski definition) is 2. The fourth-order valence-corrected chi connectivity index (χ4v) is 3.82. The van der Waals surface area contributed by atoms with Gasteiger partial charge in [0.25, 0.3) is 0 Å². The Morgan fingerprint density at radius 1 is 0.759 bits per heavy atom. The standard InChI is InChI=1S/C26H25NO2/c1-18(19-12-15-22(29-2)16-13-19)27-26(21-9-4-3-5-10-21)25-23-11-7-6-8-20(23)14-17-24(25)28/h3-18,26-28H,1-2H3/t18-,26-/m0/s1. The van der Waals surface area contributed by atoms with Gasteiger partial charge in [-0.15, -0.1) is 0 Å². The molecule has 3 nitrogen and oxygen atoms in total. The highest BCUT2D eigenvalue weighted by Crippen LogP contribution is 2.37. The van der Waals surface area contributed by atoms with E-state index in [0.717, 1.165) is 33.2 Å². The minimum absolute atomic E-state index is 0.0736. The van der Waals surface area contributed by atoms with Gasteiger partial charge in [-0.1, -0.05) is 72.8 Å². The number of phenols is 1. The zero-order valence-corrected chi connectivity index (χ0v) is 16.7. The zero-order valence-electron chi connectivity index (χ0n) is 16.7. The molecule has 146 valence electrons. The molecule has 0 radical (unpaired) electrons. The van der Waals surface area contributed by atoms with Crippen molar-refractivity contribution in [3.63, 3.8) is 0 Å². The summed E-state index contributed by atoms with van der Waals surface area (Å²) in [6.07, 6.45) is 0. The second-order valence-corrected chi connectivity index (χ2v) is 7.22. The number of nitrogens with one attached hydrogen (secondary N) is 1. The Balaban J connectivity index is 1.78. The van der Waals surface area contributed by atoms with Gasteiger partial charge >= 0.3 is 0 Å². The number of ether oxygens (including phenoxy) is 1. The third-order valence-corrected chi connectivity index (χ3v) is 5.40. The fourth-order valence-electron chi connectivity index (χ4n) is 3.82. The molecule has 0 saturated heterocycles. The molecule has 0 aromatic heterocycles. The predicted molar refractivity (Wildman–Crippen MR) is 118 cm³/mol. The molecule has 4 aromatic rings. The topological polar surface area (TPSA) is 41.5 Å². The van der Waals surface area contributed by atoms with Crippen molar-refractivity contribution in [2.24, 2.45) is 0 Å². The van der Waals surface area contributed by atoms with E-state index in [2.05, 4.69) is 48.6 Å². The Hall–Kier alpha value is -3.30. The summed E-state index contributed by atoms with van der Waals surface area (Å²) in [6, 6.07) is 30.2. The van der Waals surface area contributed by atoms with Crippen molar-refractivity contribution in [2.75, 3.05) is 7.11 Å². The number of methoxy groups -OCH3 is 1. The van der Waals surface area contributed by atoms with Crippen LogP contribution in [0.3, 0.4) is 0 Å². The van der Waals surface area contributed by atoms with Crippen LogP contribution < -0.4 is 10.1 Å². The van der Waals surface area contributed by atoms with Crippen molar-refractivity contribution < 1.29 is 9.84 Å². The first-order valence-corrected chi connectivity index (χ1v) is 9.83.